The fourth-order valence-corrected chi connectivity index (χ4v) is 2.73. The van der Waals surface area contributed by atoms with Gasteiger partial charge in [0.1, 0.15) is 5.82 Å². The highest BCUT2D eigenvalue weighted by molar-refractivity contribution is 5.76. The highest BCUT2D eigenvalue weighted by Crippen LogP contribution is 2.22. The zero-order valence-electron chi connectivity index (χ0n) is 12.0. The zero-order chi connectivity index (χ0) is 14.4. The molecular formula is C16H23FN2O. The second kappa shape index (κ2) is 7.39. The predicted molar refractivity (Wildman–Crippen MR) is 77.6 cm³/mol. The van der Waals surface area contributed by atoms with Crippen LogP contribution in [-0.2, 0) is 11.3 Å². The van der Waals surface area contributed by atoms with E-state index in [-0.39, 0.29) is 18.3 Å². The first-order chi connectivity index (χ1) is 9.66. The molecule has 0 aliphatic carbocycles. The van der Waals surface area contributed by atoms with Gasteiger partial charge in [-0.15, -0.1) is 0 Å². The van der Waals surface area contributed by atoms with E-state index in [9.17, 15) is 9.18 Å². The number of benzene rings is 1. The second-order valence-corrected chi connectivity index (χ2v) is 5.66. The average molecular weight is 278 g/mol. The fourth-order valence-electron chi connectivity index (χ4n) is 2.73. The third kappa shape index (κ3) is 4.30. The Morgan fingerprint density at radius 1 is 1.50 bits per heavy atom. The lowest BCUT2D eigenvalue weighted by Gasteiger charge is -2.28. The Bertz CT molecular complexity index is 444. The molecule has 3 nitrogen and oxygen atoms in total. The van der Waals surface area contributed by atoms with E-state index in [1.54, 1.807) is 18.2 Å². The van der Waals surface area contributed by atoms with Gasteiger partial charge in [0, 0.05) is 18.5 Å². The molecule has 1 aromatic carbocycles. The monoisotopic (exact) mass is 278 g/mol. The van der Waals surface area contributed by atoms with Crippen LogP contribution in [0.25, 0.3) is 0 Å². The molecular weight excluding hydrogens is 255 g/mol. The molecule has 0 radical (unpaired) electrons. The van der Waals surface area contributed by atoms with Crippen LogP contribution in [0.3, 0.4) is 0 Å². The molecule has 0 aromatic heterocycles. The molecule has 20 heavy (non-hydrogen) atoms. The maximum absolute atomic E-state index is 13.4. The number of nitrogens with one attached hydrogen (secondary N) is 2. The summed E-state index contributed by atoms with van der Waals surface area (Å²) in [5.41, 5.74) is 0.535. The molecule has 1 aliphatic rings. The molecule has 2 N–H and O–H groups in total. The fraction of sp³-hybridized carbons (Fsp3) is 0.562. The van der Waals surface area contributed by atoms with Gasteiger partial charge in [-0.25, -0.2) is 4.39 Å². The van der Waals surface area contributed by atoms with Crippen molar-refractivity contribution in [1.29, 1.82) is 0 Å². The SMILES string of the molecule is CC(CC(=O)NCc1ccccc1F)C1CCCNC1. The number of amides is 1. The van der Waals surface area contributed by atoms with Gasteiger partial charge >= 0.3 is 0 Å². The molecule has 0 spiro atoms. The van der Waals surface area contributed by atoms with Crippen LogP contribution in [0.5, 0.6) is 0 Å². The van der Waals surface area contributed by atoms with E-state index in [0.717, 1.165) is 13.1 Å². The maximum atomic E-state index is 13.4. The van der Waals surface area contributed by atoms with Gasteiger partial charge in [-0.2, -0.15) is 0 Å². The Labute approximate surface area is 120 Å². The van der Waals surface area contributed by atoms with Crippen LogP contribution in [0.1, 0.15) is 31.7 Å². The van der Waals surface area contributed by atoms with Crippen LogP contribution < -0.4 is 10.6 Å². The first-order valence-corrected chi connectivity index (χ1v) is 7.37. The largest absolute Gasteiger partial charge is 0.352 e. The molecule has 2 atom stereocenters. The Hall–Kier alpha value is -1.42. The van der Waals surface area contributed by atoms with Crippen molar-refractivity contribution in [3.8, 4) is 0 Å². The van der Waals surface area contributed by atoms with E-state index >= 15 is 0 Å². The van der Waals surface area contributed by atoms with Crippen LogP contribution in [-0.4, -0.2) is 19.0 Å². The molecule has 1 amide bonds. The zero-order valence-corrected chi connectivity index (χ0v) is 12.0. The third-order valence-corrected chi connectivity index (χ3v) is 4.08. The molecule has 1 aliphatic heterocycles. The smallest absolute Gasteiger partial charge is 0.220 e. The van der Waals surface area contributed by atoms with Gasteiger partial charge in [-0.3, -0.25) is 4.79 Å². The maximum Gasteiger partial charge on any atom is 0.220 e. The summed E-state index contributed by atoms with van der Waals surface area (Å²) in [6.07, 6.45) is 2.89. The number of carbonyl (C=O) groups excluding carboxylic acids is 1. The van der Waals surface area contributed by atoms with Gasteiger partial charge in [0.05, 0.1) is 0 Å². The van der Waals surface area contributed by atoms with Crippen molar-refractivity contribution in [2.75, 3.05) is 13.1 Å². The topological polar surface area (TPSA) is 41.1 Å². The molecule has 2 unspecified atom stereocenters. The van der Waals surface area contributed by atoms with Crippen molar-refractivity contribution >= 4 is 5.91 Å². The molecule has 1 saturated heterocycles. The molecule has 0 saturated carbocycles. The molecule has 1 fully saturated rings. The minimum absolute atomic E-state index is 0.00586. The first-order valence-electron chi connectivity index (χ1n) is 7.37. The summed E-state index contributed by atoms with van der Waals surface area (Å²) in [5, 5.41) is 6.18. The number of rotatable bonds is 5. The van der Waals surface area contributed by atoms with E-state index in [2.05, 4.69) is 17.6 Å². The quantitative estimate of drug-likeness (QED) is 0.868. The number of carbonyl (C=O) groups is 1. The summed E-state index contributed by atoms with van der Waals surface area (Å²) in [6, 6.07) is 6.54. The number of hydrogen-bond acceptors (Lipinski definition) is 2. The lowest BCUT2D eigenvalue weighted by Crippen LogP contribution is -2.35. The molecule has 1 heterocycles. The number of hydrogen-bond donors (Lipinski definition) is 2. The van der Waals surface area contributed by atoms with Crippen LogP contribution >= 0.6 is 0 Å². The standard InChI is InChI=1S/C16H23FN2O/c1-12(13-6-4-8-18-10-13)9-16(20)19-11-14-5-2-3-7-15(14)17/h2-3,5,7,12-13,18H,4,6,8-11H2,1H3,(H,19,20). The highest BCUT2D eigenvalue weighted by atomic mass is 19.1. The molecule has 4 heteroatoms. The van der Waals surface area contributed by atoms with Gasteiger partial charge < -0.3 is 10.6 Å². The van der Waals surface area contributed by atoms with Gasteiger partial charge in [0.15, 0.2) is 0 Å². The van der Waals surface area contributed by atoms with Gasteiger partial charge in [-0.05, 0) is 43.8 Å². The summed E-state index contributed by atoms with van der Waals surface area (Å²) in [7, 11) is 0. The summed E-state index contributed by atoms with van der Waals surface area (Å²) >= 11 is 0. The summed E-state index contributed by atoms with van der Waals surface area (Å²) in [4.78, 5) is 11.9. The van der Waals surface area contributed by atoms with Crippen LogP contribution in [0.2, 0.25) is 0 Å². The van der Waals surface area contributed by atoms with Crippen molar-refractivity contribution in [2.24, 2.45) is 11.8 Å². The lowest BCUT2D eigenvalue weighted by atomic mass is 9.85. The minimum Gasteiger partial charge on any atom is -0.352 e. The van der Waals surface area contributed by atoms with Gasteiger partial charge in [0.2, 0.25) is 5.91 Å². The van der Waals surface area contributed by atoms with Crippen molar-refractivity contribution in [3.05, 3.63) is 35.6 Å². The van der Waals surface area contributed by atoms with Crippen molar-refractivity contribution in [3.63, 3.8) is 0 Å². The van der Waals surface area contributed by atoms with Gasteiger partial charge in [-0.1, -0.05) is 25.1 Å². The van der Waals surface area contributed by atoms with Crippen molar-refractivity contribution < 1.29 is 9.18 Å². The van der Waals surface area contributed by atoms with E-state index in [0.29, 0.717) is 23.8 Å². The summed E-state index contributed by atoms with van der Waals surface area (Å²) in [6.45, 7) is 4.48. The Morgan fingerprint density at radius 3 is 3.00 bits per heavy atom. The van der Waals surface area contributed by atoms with Crippen molar-refractivity contribution in [2.45, 2.75) is 32.7 Å². The molecule has 2 rings (SSSR count). The Kier molecular flexibility index (Phi) is 5.53. The summed E-state index contributed by atoms with van der Waals surface area (Å²) < 4.78 is 13.4. The second-order valence-electron chi connectivity index (χ2n) is 5.66. The van der Waals surface area contributed by atoms with E-state index in [1.165, 1.54) is 18.9 Å². The Morgan fingerprint density at radius 2 is 2.30 bits per heavy atom. The Balaban J connectivity index is 1.76. The highest BCUT2D eigenvalue weighted by Gasteiger charge is 2.21. The van der Waals surface area contributed by atoms with E-state index in [4.69, 9.17) is 0 Å². The first kappa shape index (κ1) is 15.0. The van der Waals surface area contributed by atoms with Crippen LogP contribution in [0.15, 0.2) is 24.3 Å². The van der Waals surface area contributed by atoms with Gasteiger partial charge in [0.25, 0.3) is 0 Å². The van der Waals surface area contributed by atoms with E-state index < -0.39 is 0 Å². The molecule has 110 valence electrons. The van der Waals surface area contributed by atoms with Crippen LogP contribution in [0.4, 0.5) is 4.39 Å². The average Bonchev–Trinajstić information content (AvgIpc) is 2.47. The third-order valence-electron chi connectivity index (χ3n) is 4.08. The normalized spacial score (nSPS) is 20.4. The van der Waals surface area contributed by atoms with Crippen molar-refractivity contribution in [1.82, 2.24) is 10.6 Å². The molecule has 0 bridgehead atoms. The number of piperidine rings is 1. The summed E-state index contributed by atoms with van der Waals surface area (Å²) in [5.74, 6) is 0.676. The number of halogens is 1. The lowest BCUT2D eigenvalue weighted by molar-refractivity contribution is -0.122. The van der Waals surface area contributed by atoms with Crippen LogP contribution in [0, 0.1) is 17.7 Å². The van der Waals surface area contributed by atoms with E-state index in [1.807, 2.05) is 0 Å². The predicted octanol–water partition coefficient (Wildman–Crippen LogP) is 2.47. The molecule has 1 aromatic rings. The minimum atomic E-state index is -0.266.